The minimum atomic E-state index is -1.05. The first-order valence-corrected chi connectivity index (χ1v) is 8.21. The van der Waals surface area contributed by atoms with E-state index < -0.39 is 12.0 Å². The second-order valence-corrected chi connectivity index (χ2v) is 6.53. The molecule has 2 N–H and O–H groups in total. The fourth-order valence-electron chi connectivity index (χ4n) is 2.11. The van der Waals surface area contributed by atoms with Crippen molar-refractivity contribution in [2.45, 2.75) is 59.2 Å². The van der Waals surface area contributed by atoms with Crippen molar-refractivity contribution in [3.05, 3.63) is 0 Å². The van der Waals surface area contributed by atoms with Gasteiger partial charge in [0.25, 0.3) is 0 Å². The number of carbonyl (C=O) groups excluding carboxylic acids is 2. The highest BCUT2D eigenvalue weighted by Gasteiger charge is 2.21. The molecule has 0 fully saturated rings. The molecule has 0 saturated heterocycles. The molecule has 0 rings (SSSR count). The van der Waals surface area contributed by atoms with Crippen LogP contribution in [0, 0.1) is 0 Å². The van der Waals surface area contributed by atoms with Crippen molar-refractivity contribution in [1.29, 1.82) is 0 Å². The van der Waals surface area contributed by atoms with Crippen LogP contribution < -0.4 is 5.32 Å². The molecule has 6 nitrogen and oxygen atoms in total. The van der Waals surface area contributed by atoms with Crippen LogP contribution in [0.4, 0.5) is 0 Å². The number of thioether (sulfide) groups is 1. The van der Waals surface area contributed by atoms with Gasteiger partial charge in [0.05, 0.1) is 5.75 Å². The average Bonchev–Trinajstić information content (AvgIpc) is 2.31. The topological polar surface area (TPSA) is 86.7 Å². The molecular formula is C14H26N2O4S. The van der Waals surface area contributed by atoms with E-state index in [9.17, 15) is 14.4 Å². The Hall–Kier alpha value is -1.24. The number of carboxylic acids is 1. The molecule has 2 amide bonds. The molecule has 0 saturated carbocycles. The Morgan fingerprint density at radius 2 is 1.67 bits per heavy atom. The number of carbonyl (C=O) groups is 3. The van der Waals surface area contributed by atoms with Crippen LogP contribution in [-0.2, 0) is 14.4 Å². The lowest BCUT2D eigenvalue weighted by atomic mass is 10.2. The zero-order chi connectivity index (χ0) is 16.6. The number of amides is 2. The van der Waals surface area contributed by atoms with Crippen LogP contribution in [0.25, 0.3) is 0 Å². The van der Waals surface area contributed by atoms with Gasteiger partial charge in [-0.25, -0.2) is 4.79 Å². The quantitative estimate of drug-likeness (QED) is 0.627. The van der Waals surface area contributed by atoms with Crippen LogP contribution in [0.2, 0.25) is 0 Å². The predicted molar refractivity (Wildman–Crippen MR) is 84.3 cm³/mol. The lowest BCUT2D eigenvalue weighted by molar-refractivity contribution is -0.141. The summed E-state index contributed by atoms with van der Waals surface area (Å²) in [7, 11) is 0. The van der Waals surface area contributed by atoms with E-state index in [0.717, 1.165) is 0 Å². The summed E-state index contributed by atoms with van der Waals surface area (Å²) in [5.74, 6) is -0.538. The maximum absolute atomic E-state index is 12.1. The average molecular weight is 318 g/mol. The summed E-state index contributed by atoms with van der Waals surface area (Å²) in [6, 6.07) is -0.607. The van der Waals surface area contributed by atoms with Crippen LogP contribution in [-0.4, -0.2) is 57.4 Å². The normalized spacial score (nSPS) is 12.3. The Morgan fingerprint density at radius 1 is 1.14 bits per heavy atom. The van der Waals surface area contributed by atoms with Gasteiger partial charge in [-0.1, -0.05) is 0 Å². The summed E-state index contributed by atoms with van der Waals surface area (Å²) in [4.78, 5) is 35.8. The molecule has 0 aliphatic rings. The van der Waals surface area contributed by atoms with Crippen LogP contribution in [0.15, 0.2) is 0 Å². The lowest BCUT2D eigenvalue weighted by Gasteiger charge is -2.30. The lowest BCUT2D eigenvalue weighted by Crippen LogP contribution is -2.43. The van der Waals surface area contributed by atoms with Crippen LogP contribution in [0.1, 0.15) is 41.0 Å². The van der Waals surface area contributed by atoms with Gasteiger partial charge in [-0.3, -0.25) is 9.59 Å². The molecule has 0 heterocycles. The minimum absolute atomic E-state index is 0.0522. The zero-order valence-electron chi connectivity index (χ0n) is 13.4. The van der Waals surface area contributed by atoms with Crippen molar-refractivity contribution in [1.82, 2.24) is 10.2 Å². The van der Waals surface area contributed by atoms with E-state index in [2.05, 4.69) is 5.32 Å². The number of hydrogen-bond donors (Lipinski definition) is 2. The summed E-state index contributed by atoms with van der Waals surface area (Å²) in [6.45, 7) is 9.18. The maximum atomic E-state index is 12.1. The van der Waals surface area contributed by atoms with Crippen LogP contribution >= 0.6 is 11.8 Å². The molecule has 122 valence electrons. The molecule has 1 unspecified atom stereocenters. The highest BCUT2D eigenvalue weighted by molar-refractivity contribution is 7.99. The van der Waals surface area contributed by atoms with Gasteiger partial charge in [0.2, 0.25) is 11.8 Å². The van der Waals surface area contributed by atoms with Gasteiger partial charge < -0.3 is 15.3 Å². The Morgan fingerprint density at radius 3 is 2.05 bits per heavy atom. The number of rotatable bonds is 9. The Bertz CT molecular complexity index is 364. The smallest absolute Gasteiger partial charge is 0.326 e. The van der Waals surface area contributed by atoms with Gasteiger partial charge in [0.1, 0.15) is 6.04 Å². The highest BCUT2D eigenvalue weighted by atomic mass is 32.2. The van der Waals surface area contributed by atoms with Crippen molar-refractivity contribution >= 4 is 29.5 Å². The van der Waals surface area contributed by atoms with Crippen molar-refractivity contribution in [2.75, 3.05) is 11.5 Å². The number of aliphatic carboxylic acids is 1. The van der Waals surface area contributed by atoms with Crippen LogP contribution in [0.5, 0.6) is 0 Å². The van der Waals surface area contributed by atoms with E-state index in [1.807, 2.05) is 32.6 Å². The predicted octanol–water partition coefficient (Wildman–Crippen LogP) is 1.34. The van der Waals surface area contributed by atoms with Crippen molar-refractivity contribution < 1.29 is 19.5 Å². The van der Waals surface area contributed by atoms with Crippen molar-refractivity contribution in [2.24, 2.45) is 0 Å². The van der Waals surface area contributed by atoms with Gasteiger partial charge in [-0.05, 0) is 39.9 Å². The Kier molecular flexibility index (Phi) is 9.08. The number of carboxylic acid groups (broad SMARTS) is 1. The van der Waals surface area contributed by atoms with Gasteiger partial charge in [0, 0.05) is 19.0 Å². The fraction of sp³-hybridized carbons (Fsp3) is 0.786. The maximum Gasteiger partial charge on any atom is 0.326 e. The van der Waals surface area contributed by atoms with E-state index in [1.165, 1.54) is 18.7 Å². The molecule has 0 spiro atoms. The summed E-state index contributed by atoms with van der Waals surface area (Å²) < 4.78 is 0. The third-order valence-corrected chi connectivity index (χ3v) is 3.83. The monoisotopic (exact) mass is 318 g/mol. The standard InChI is InChI=1S/C14H26N2O4S/c1-9(2)16(10(3)4)13(18)8-21-7-6-12(14(19)20)15-11(5)17/h9-10,12H,6-8H2,1-5H3,(H,15,17)(H,19,20). The number of nitrogens with one attached hydrogen (secondary N) is 1. The van der Waals surface area contributed by atoms with Crippen LogP contribution in [0.3, 0.4) is 0 Å². The second-order valence-electron chi connectivity index (χ2n) is 5.42. The minimum Gasteiger partial charge on any atom is -0.480 e. The first-order chi connectivity index (χ1) is 9.66. The summed E-state index contributed by atoms with van der Waals surface area (Å²) in [6.07, 6.45) is 0.302. The molecule has 0 bridgehead atoms. The molecule has 0 aromatic carbocycles. The van der Waals surface area contributed by atoms with E-state index in [0.29, 0.717) is 17.9 Å². The highest BCUT2D eigenvalue weighted by Crippen LogP contribution is 2.11. The first-order valence-electron chi connectivity index (χ1n) is 7.05. The Balaban J connectivity index is 4.21. The van der Waals surface area contributed by atoms with E-state index in [1.54, 1.807) is 0 Å². The van der Waals surface area contributed by atoms with E-state index in [4.69, 9.17) is 5.11 Å². The molecule has 0 radical (unpaired) electrons. The fourth-order valence-corrected chi connectivity index (χ4v) is 2.98. The SMILES string of the molecule is CC(=O)NC(CCSCC(=O)N(C(C)C)C(C)C)C(=O)O. The van der Waals surface area contributed by atoms with E-state index >= 15 is 0 Å². The van der Waals surface area contributed by atoms with E-state index in [-0.39, 0.29) is 23.9 Å². The summed E-state index contributed by atoms with van der Waals surface area (Å²) in [5.41, 5.74) is 0. The van der Waals surface area contributed by atoms with Gasteiger partial charge in [-0.15, -0.1) is 0 Å². The third kappa shape index (κ3) is 7.94. The third-order valence-electron chi connectivity index (χ3n) is 2.85. The molecule has 7 heteroatoms. The second kappa shape index (κ2) is 9.65. The first kappa shape index (κ1) is 19.8. The van der Waals surface area contributed by atoms with Crippen molar-refractivity contribution in [3.63, 3.8) is 0 Å². The molecule has 0 aromatic heterocycles. The van der Waals surface area contributed by atoms with Gasteiger partial charge >= 0.3 is 5.97 Å². The number of hydrogen-bond acceptors (Lipinski definition) is 4. The summed E-state index contributed by atoms with van der Waals surface area (Å²) in [5, 5.41) is 11.3. The largest absolute Gasteiger partial charge is 0.480 e. The summed E-state index contributed by atoms with van der Waals surface area (Å²) >= 11 is 1.39. The molecule has 1 atom stereocenters. The molecule has 0 aliphatic heterocycles. The molecular weight excluding hydrogens is 292 g/mol. The zero-order valence-corrected chi connectivity index (χ0v) is 14.2. The molecule has 21 heavy (non-hydrogen) atoms. The Labute approximate surface area is 130 Å². The van der Waals surface area contributed by atoms with Crippen molar-refractivity contribution in [3.8, 4) is 0 Å². The molecule has 0 aliphatic carbocycles. The van der Waals surface area contributed by atoms with Gasteiger partial charge in [-0.2, -0.15) is 11.8 Å². The van der Waals surface area contributed by atoms with Gasteiger partial charge in [0.15, 0.2) is 0 Å². The number of nitrogens with zero attached hydrogens (tertiary/aromatic N) is 1. The molecule has 0 aromatic rings.